The molecule has 1 N–H and O–H groups in total. The number of aryl methyl sites for hydroxylation is 2. The van der Waals surface area contributed by atoms with Crippen LogP contribution in [0.4, 0.5) is 4.39 Å². The number of nitrogens with one attached hydrogen (secondary N) is 1. The molecule has 1 aromatic heterocycles. The molecule has 19 heavy (non-hydrogen) atoms. The van der Waals surface area contributed by atoms with Gasteiger partial charge in [0, 0.05) is 10.0 Å². The van der Waals surface area contributed by atoms with Gasteiger partial charge in [0.1, 0.15) is 11.6 Å². The van der Waals surface area contributed by atoms with Gasteiger partial charge in [-0.05, 0) is 55.3 Å². The third kappa shape index (κ3) is 2.16. The van der Waals surface area contributed by atoms with E-state index in [1.54, 1.807) is 6.07 Å². The van der Waals surface area contributed by atoms with E-state index in [1.807, 2.05) is 26.0 Å². The average molecular weight is 319 g/mol. The van der Waals surface area contributed by atoms with E-state index in [1.165, 1.54) is 12.1 Å². The minimum Gasteiger partial charge on any atom is -0.338 e. The van der Waals surface area contributed by atoms with Gasteiger partial charge >= 0.3 is 0 Å². The van der Waals surface area contributed by atoms with Crippen LogP contribution in [0.5, 0.6) is 0 Å². The molecule has 96 valence electrons. The number of aromatic amines is 1. The fraction of sp³-hybridized carbons (Fsp3) is 0.133. The minimum atomic E-state index is -0.226. The van der Waals surface area contributed by atoms with E-state index in [0.29, 0.717) is 0 Å². The number of halogens is 2. The van der Waals surface area contributed by atoms with E-state index in [9.17, 15) is 4.39 Å². The number of imidazole rings is 1. The van der Waals surface area contributed by atoms with E-state index in [2.05, 4.69) is 25.9 Å². The zero-order valence-corrected chi connectivity index (χ0v) is 12.2. The third-order valence-electron chi connectivity index (χ3n) is 3.19. The number of aromatic nitrogens is 2. The molecule has 0 radical (unpaired) electrons. The van der Waals surface area contributed by atoms with Crippen molar-refractivity contribution in [1.82, 2.24) is 9.97 Å². The molecule has 0 saturated heterocycles. The Bertz CT molecular complexity index is 777. The molecular formula is C15H12BrFN2. The molecule has 0 fully saturated rings. The first-order valence-electron chi connectivity index (χ1n) is 5.97. The van der Waals surface area contributed by atoms with Crippen LogP contribution in [0, 0.1) is 19.7 Å². The summed E-state index contributed by atoms with van der Waals surface area (Å²) in [4.78, 5) is 7.91. The SMILES string of the molecule is Cc1cc(F)ccc1-c1nc2c(C)cc(Br)cc2[nH]1. The summed E-state index contributed by atoms with van der Waals surface area (Å²) in [7, 11) is 0. The summed E-state index contributed by atoms with van der Waals surface area (Å²) in [6.45, 7) is 3.91. The highest BCUT2D eigenvalue weighted by atomic mass is 79.9. The largest absolute Gasteiger partial charge is 0.338 e. The van der Waals surface area contributed by atoms with Gasteiger partial charge in [-0.2, -0.15) is 0 Å². The molecule has 4 heteroatoms. The third-order valence-corrected chi connectivity index (χ3v) is 3.64. The predicted octanol–water partition coefficient (Wildman–Crippen LogP) is 4.75. The van der Waals surface area contributed by atoms with Crippen molar-refractivity contribution in [3.63, 3.8) is 0 Å². The molecule has 3 aromatic rings. The highest BCUT2D eigenvalue weighted by molar-refractivity contribution is 9.10. The van der Waals surface area contributed by atoms with Gasteiger partial charge in [0.15, 0.2) is 0 Å². The molecule has 0 aliphatic heterocycles. The maximum atomic E-state index is 13.1. The van der Waals surface area contributed by atoms with Crippen molar-refractivity contribution in [3.8, 4) is 11.4 Å². The smallest absolute Gasteiger partial charge is 0.138 e. The number of hydrogen-bond donors (Lipinski definition) is 1. The molecule has 2 aromatic carbocycles. The van der Waals surface area contributed by atoms with E-state index >= 15 is 0 Å². The van der Waals surface area contributed by atoms with Gasteiger partial charge in [0.2, 0.25) is 0 Å². The van der Waals surface area contributed by atoms with Gasteiger partial charge in [-0.3, -0.25) is 0 Å². The van der Waals surface area contributed by atoms with Gasteiger partial charge in [-0.15, -0.1) is 0 Å². The number of fused-ring (bicyclic) bond motifs is 1. The molecule has 0 atom stereocenters. The van der Waals surface area contributed by atoms with Crippen molar-refractivity contribution in [2.24, 2.45) is 0 Å². The maximum absolute atomic E-state index is 13.1. The second-order valence-electron chi connectivity index (χ2n) is 4.66. The van der Waals surface area contributed by atoms with Crippen LogP contribution in [0.1, 0.15) is 11.1 Å². The van der Waals surface area contributed by atoms with Gasteiger partial charge in [0.25, 0.3) is 0 Å². The lowest BCUT2D eigenvalue weighted by atomic mass is 10.1. The van der Waals surface area contributed by atoms with Crippen LogP contribution in [0.3, 0.4) is 0 Å². The molecule has 0 aliphatic rings. The van der Waals surface area contributed by atoms with E-state index < -0.39 is 0 Å². The van der Waals surface area contributed by atoms with Crippen LogP contribution in [-0.2, 0) is 0 Å². The molecule has 2 nitrogen and oxygen atoms in total. The van der Waals surface area contributed by atoms with Crippen molar-refractivity contribution >= 4 is 27.0 Å². The molecule has 0 bridgehead atoms. The van der Waals surface area contributed by atoms with Crippen molar-refractivity contribution in [1.29, 1.82) is 0 Å². The van der Waals surface area contributed by atoms with Gasteiger partial charge < -0.3 is 4.98 Å². The summed E-state index contributed by atoms with van der Waals surface area (Å²) in [6.07, 6.45) is 0. The quantitative estimate of drug-likeness (QED) is 0.689. The predicted molar refractivity (Wildman–Crippen MR) is 78.7 cm³/mol. The van der Waals surface area contributed by atoms with E-state index in [-0.39, 0.29) is 5.82 Å². The molecule has 3 rings (SSSR count). The van der Waals surface area contributed by atoms with Crippen LogP contribution in [0.2, 0.25) is 0 Å². The molecule has 1 heterocycles. The fourth-order valence-corrected chi connectivity index (χ4v) is 2.84. The lowest BCUT2D eigenvalue weighted by Crippen LogP contribution is -1.86. The zero-order valence-electron chi connectivity index (χ0n) is 10.6. The van der Waals surface area contributed by atoms with Gasteiger partial charge in [0.05, 0.1) is 11.0 Å². The molecule has 0 aliphatic carbocycles. The lowest BCUT2D eigenvalue weighted by molar-refractivity contribution is 0.627. The molecule has 0 spiro atoms. The maximum Gasteiger partial charge on any atom is 0.138 e. The molecule has 0 saturated carbocycles. The van der Waals surface area contributed by atoms with Gasteiger partial charge in [-0.1, -0.05) is 15.9 Å². The minimum absolute atomic E-state index is 0.226. The Balaban J connectivity index is 2.23. The first-order valence-corrected chi connectivity index (χ1v) is 6.76. The summed E-state index contributed by atoms with van der Waals surface area (Å²) in [5.41, 5.74) is 4.82. The molecule has 0 unspecified atom stereocenters. The van der Waals surface area contributed by atoms with E-state index in [4.69, 9.17) is 0 Å². The van der Waals surface area contributed by atoms with Gasteiger partial charge in [-0.25, -0.2) is 9.37 Å². The Hall–Kier alpha value is -1.68. The van der Waals surface area contributed by atoms with E-state index in [0.717, 1.165) is 38.0 Å². The van der Waals surface area contributed by atoms with Crippen LogP contribution in [-0.4, -0.2) is 9.97 Å². The summed E-state index contributed by atoms with van der Waals surface area (Å²) >= 11 is 3.48. The number of benzene rings is 2. The summed E-state index contributed by atoms with van der Waals surface area (Å²) in [5, 5.41) is 0. The molecule has 0 amide bonds. The summed E-state index contributed by atoms with van der Waals surface area (Å²) in [5.74, 6) is 0.546. The van der Waals surface area contributed by atoms with Crippen LogP contribution in [0.25, 0.3) is 22.4 Å². The highest BCUT2D eigenvalue weighted by Gasteiger charge is 2.10. The standard InChI is InChI=1S/C15H12BrFN2/c1-8-6-11(17)3-4-12(8)15-18-13-7-10(16)5-9(2)14(13)19-15/h3-7H,1-2H3,(H,18,19). The van der Waals surface area contributed by atoms with Crippen LogP contribution >= 0.6 is 15.9 Å². The Morgan fingerprint density at radius 1 is 1.11 bits per heavy atom. The second kappa shape index (κ2) is 4.46. The monoisotopic (exact) mass is 318 g/mol. The van der Waals surface area contributed by atoms with Crippen molar-refractivity contribution < 1.29 is 4.39 Å². The molecular weight excluding hydrogens is 307 g/mol. The normalized spacial score (nSPS) is 11.2. The zero-order chi connectivity index (χ0) is 13.6. The second-order valence-corrected chi connectivity index (χ2v) is 5.58. The number of H-pyrrole nitrogens is 1. The Kier molecular flexibility index (Phi) is 2.90. The first-order chi connectivity index (χ1) is 9.04. The number of hydrogen-bond acceptors (Lipinski definition) is 1. The van der Waals surface area contributed by atoms with Crippen molar-refractivity contribution in [2.45, 2.75) is 13.8 Å². The summed E-state index contributed by atoms with van der Waals surface area (Å²) in [6, 6.07) is 8.76. The van der Waals surface area contributed by atoms with Crippen LogP contribution < -0.4 is 0 Å². The number of rotatable bonds is 1. The lowest BCUT2D eigenvalue weighted by Gasteiger charge is -2.01. The fourth-order valence-electron chi connectivity index (χ4n) is 2.27. The average Bonchev–Trinajstić information content (AvgIpc) is 2.72. The Morgan fingerprint density at radius 3 is 2.63 bits per heavy atom. The number of nitrogens with zero attached hydrogens (tertiary/aromatic N) is 1. The van der Waals surface area contributed by atoms with Crippen LogP contribution in [0.15, 0.2) is 34.8 Å². The highest BCUT2D eigenvalue weighted by Crippen LogP contribution is 2.27. The Labute approximate surface area is 118 Å². The topological polar surface area (TPSA) is 28.7 Å². The summed E-state index contributed by atoms with van der Waals surface area (Å²) < 4.78 is 14.2. The van der Waals surface area contributed by atoms with Crippen molar-refractivity contribution in [2.75, 3.05) is 0 Å². The Morgan fingerprint density at radius 2 is 1.89 bits per heavy atom. The van der Waals surface area contributed by atoms with Crippen molar-refractivity contribution in [3.05, 3.63) is 51.7 Å². The first kappa shape index (κ1) is 12.4.